The fraction of sp³-hybridized carbons (Fsp3) is 0.571. The number of benzene rings is 1. The van der Waals surface area contributed by atoms with Crippen molar-refractivity contribution in [2.75, 3.05) is 6.54 Å². The standard InChI is InChI=1S/C14H20F3N/c1-4-18-13(6-5-9(2)3)14-11(16)7-10(15)8-12(14)17/h7-9,13,18H,4-6H2,1-3H3. The Kier molecular flexibility index (Phi) is 5.66. The Morgan fingerprint density at radius 3 is 2.06 bits per heavy atom. The van der Waals surface area contributed by atoms with Gasteiger partial charge in [0.05, 0.1) is 0 Å². The molecule has 1 atom stereocenters. The minimum atomic E-state index is -0.882. The van der Waals surface area contributed by atoms with Gasteiger partial charge in [-0.05, 0) is 25.3 Å². The minimum Gasteiger partial charge on any atom is -0.310 e. The van der Waals surface area contributed by atoms with E-state index in [9.17, 15) is 13.2 Å². The van der Waals surface area contributed by atoms with Crippen LogP contribution in [0.25, 0.3) is 0 Å². The molecule has 102 valence electrons. The zero-order chi connectivity index (χ0) is 13.7. The largest absolute Gasteiger partial charge is 0.310 e. The van der Waals surface area contributed by atoms with Crippen LogP contribution in [0.4, 0.5) is 13.2 Å². The molecule has 1 nitrogen and oxygen atoms in total. The van der Waals surface area contributed by atoms with Gasteiger partial charge in [-0.1, -0.05) is 20.8 Å². The number of hydrogen-bond donors (Lipinski definition) is 1. The highest BCUT2D eigenvalue weighted by molar-refractivity contribution is 5.24. The summed E-state index contributed by atoms with van der Waals surface area (Å²) in [5.74, 6) is -2.06. The van der Waals surface area contributed by atoms with Gasteiger partial charge in [-0.15, -0.1) is 0 Å². The highest BCUT2D eigenvalue weighted by Crippen LogP contribution is 2.26. The lowest BCUT2D eigenvalue weighted by Crippen LogP contribution is -2.23. The number of rotatable bonds is 6. The van der Waals surface area contributed by atoms with Gasteiger partial charge < -0.3 is 5.32 Å². The first-order valence-corrected chi connectivity index (χ1v) is 6.33. The topological polar surface area (TPSA) is 12.0 Å². The molecule has 0 fully saturated rings. The normalized spacial score (nSPS) is 13.1. The van der Waals surface area contributed by atoms with Gasteiger partial charge in [-0.2, -0.15) is 0 Å². The van der Waals surface area contributed by atoms with Crippen LogP contribution in [-0.4, -0.2) is 6.54 Å². The highest BCUT2D eigenvalue weighted by atomic mass is 19.1. The molecule has 18 heavy (non-hydrogen) atoms. The summed E-state index contributed by atoms with van der Waals surface area (Å²) >= 11 is 0. The van der Waals surface area contributed by atoms with Gasteiger partial charge in [0.1, 0.15) is 17.5 Å². The Morgan fingerprint density at radius 2 is 1.61 bits per heavy atom. The number of halogens is 3. The fourth-order valence-corrected chi connectivity index (χ4v) is 1.98. The molecule has 0 aromatic heterocycles. The quantitative estimate of drug-likeness (QED) is 0.807. The lowest BCUT2D eigenvalue weighted by atomic mass is 9.96. The molecular formula is C14H20F3N. The molecule has 0 aliphatic rings. The van der Waals surface area contributed by atoms with Crippen LogP contribution in [0.3, 0.4) is 0 Å². The molecule has 0 saturated carbocycles. The molecule has 0 bridgehead atoms. The average Bonchev–Trinajstić information content (AvgIpc) is 2.24. The molecule has 0 saturated heterocycles. The third kappa shape index (κ3) is 4.02. The number of hydrogen-bond acceptors (Lipinski definition) is 1. The molecule has 0 spiro atoms. The Labute approximate surface area is 106 Å². The van der Waals surface area contributed by atoms with Gasteiger partial charge in [-0.3, -0.25) is 0 Å². The summed E-state index contributed by atoms with van der Waals surface area (Å²) in [5.41, 5.74) is -0.0566. The van der Waals surface area contributed by atoms with E-state index in [1.54, 1.807) is 0 Å². The minimum absolute atomic E-state index is 0.0566. The van der Waals surface area contributed by atoms with E-state index in [4.69, 9.17) is 0 Å². The van der Waals surface area contributed by atoms with Crippen molar-refractivity contribution in [2.24, 2.45) is 5.92 Å². The second kappa shape index (κ2) is 6.78. The fourth-order valence-electron chi connectivity index (χ4n) is 1.98. The van der Waals surface area contributed by atoms with E-state index in [1.165, 1.54) is 0 Å². The lowest BCUT2D eigenvalue weighted by Gasteiger charge is -2.20. The highest BCUT2D eigenvalue weighted by Gasteiger charge is 2.20. The van der Waals surface area contributed by atoms with E-state index in [0.717, 1.165) is 18.6 Å². The van der Waals surface area contributed by atoms with Crippen molar-refractivity contribution < 1.29 is 13.2 Å². The summed E-state index contributed by atoms with van der Waals surface area (Å²) in [4.78, 5) is 0. The van der Waals surface area contributed by atoms with Crippen LogP contribution in [0.5, 0.6) is 0 Å². The van der Waals surface area contributed by atoms with Gasteiger partial charge in [0.15, 0.2) is 0 Å². The Hall–Kier alpha value is -1.03. The van der Waals surface area contributed by atoms with Crippen LogP contribution in [-0.2, 0) is 0 Å². The van der Waals surface area contributed by atoms with E-state index in [2.05, 4.69) is 19.2 Å². The molecule has 0 aliphatic carbocycles. The monoisotopic (exact) mass is 259 g/mol. The van der Waals surface area contributed by atoms with Crippen molar-refractivity contribution in [1.82, 2.24) is 5.32 Å². The predicted octanol–water partition coefficient (Wildman–Crippen LogP) is 4.19. The van der Waals surface area contributed by atoms with Crippen LogP contribution in [0.2, 0.25) is 0 Å². The Morgan fingerprint density at radius 1 is 1.06 bits per heavy atom. The summed E-state index contributed by atoms with van der Waals surface area (Å²) < 4.78 is 40.2. The molecule has 1 N–H and O–H groups in total. The maximum atomic E-state index is 13.7. The second-order valence-corrected chi connectivity index (χ2v) is 4.86. The van der Waals surface area contributed by atoms with E-state index < -0.39 is 23.5 Å². The molecule has 1 aromatic carbocycles. The van der Waals surface area contributed by atoms with E-state index in [1.807, 2.05) is 6.92 Å². The maximum Gasteiger partial charge on any atom is 0.133 e. The van der Waals surface area contributed by atoms with Crippen LogP contribution in [0.1, 0.15) is 45.2 Å². The molecule has 0 heterocycles. The molecule has 0 radical (unpaired) electrons. The van der Waals surface area contributed by atoms with Crippen molar-refractivity contribution in [1.29, 1.82) is 0 Å². The Balaban J connectivity index is 2.97. The molecule has 1 rings (SSSR count). The lowest BCUT2D eigenvalue weighted by molar-refractivity contribution is 0.412. The van der Waals surface area contributed by atoms with E-state index >= 15 is 0 Å². The molecule has 0 aliphatic heterocycles. The van der Waals surface area contributed by atoms with Gasteiger partial charge in [0.2, 0.25) is 0 Å². The summed E-state index contributed by atoms with van der Waals surface area (Å²) in [7, 11) is 0. The summed E-state index contributed by atoms with van der Waals surface area (Å²) in [6.07, 6.45) is 1.49. The molecular weight excluding hydrogens is 239 g/mol. The molecule has 1 unspecified atom stereocenters. The average molecular weight is 259 g/mol. The van der Waals surface area contributed by atoms with Crippen LogP contribution in [0.15, 0.2) is 12.1 Å². The third-order valence-electron chi connectivity index (χ3n) is 2.88. The van der Waals surface area contributed by atoms with Gasteiger partial charge in [0.25, 0.3) is 0 Å². The molecule has 1 aromatic rings. The van der Waals surface area contributed by atoms with Gasteiger partial charge >= 0.3 is 0 Å². The van der Waals surface area contributed by atoms with Gasteiger partial charge in [-0.25, -0.2) is 13.2 Å². The first-order chi connectivity index (χ1) is 8.45. The first-order valence-electron chi connectivity index (χ1n) is 6.33. The first kappa shape index (κ1) is 15.0. The van der Waals surface area contributed by atoms with Crippen molar-refractivity contribution in [3.8, 4) is 0 Å². The molecule has 0 amide bonds. The van der Waals surface area contributed by atoms with Crippen molar-refractivity contribution in [3.05, 3.63) is 35.1 Å². The summed E-state index contributed by atoms with van der Waals surface area (Å²) in [6.45, 7) is 6.60. The smallest absolute Gasteiger partial charge is 0.133 e. The molecule has 4 heteroatoms. The maximum absolute atomic E-state index is 13.7. The van der Waals surface area contributed by atoms with Crippen molar-refractivity contribution in [3.63, 3.8) is 0 Å². The van der Waals surface area contributed by atoms with Gasteiger partial charge in [0, 0.05) is 23.7 Å². The Bertz CT molecular complexity index is 368. The van der Waals surface area contributed by atoms with E-state index in [0.29, 0.717) is 18.9 Å². The zero-order valence-electron chi connectivity index (χ0n) is 11.1. The van der Waals surface area contributed by atoms with Crippen molar-refractivity contribution >= 4 is 0 Å². The summed E-state index contributed by atoms with van der Waals surface area (Å²) in [6, 6.07) is 1.06. The summed E-state index contributed by atoms with van der Waals surface area (Å²) in [5, 5.41) is 3.05. The van der Waals surface area contributed by atoms with Crippen LogP contribution >= 0.6 is 0 Å². The number of nitrogens with one attached hydrogen (secondary N) is 1. The van der Waals surface area contributed by atoms with Crippen LogP contribution in [0, 0.1) is 23.4 Å². The third-order valence-corrected chi connectivity index (χ3v) is 2.88. The van der Waals surface area contributed by atoms with Crippen molar-refractivity contribution in [2.45, 2.75) is 39.7 Å². The SMILES string of the molecule is CCNC(CCC(C)C)c1c(F)cc(F)cc1F. The zero-order valence-corrected chi connectivity index (χ0v) is 11.1. The predicted molar refractivity (Wildman–Crippen MR) is 66.8 cm³/mol. The van der Waals surface area contributed by atoms with E-state index in [-0.39, 0.29) is 5.56 Å². The second-order valence-electron chi connectivity index (χ2n) is 4.86. The van der Waals surface area contributed by atoms with Crippen LogP contribution < -0.4 is 5.32 Å².